The monoisotopic (exact) mass is 362 g/mol. The molecule has 0 spiro atoms. The molecule has 1 aromatic rings. The normalized spacial score (nSPS) is 20.6. The Morgan fingerprint density at radius 3 is 2.16 bits per heavy atom. The van der Waals surface area contributed by atoms with Crippen molar-refractivity contribution in [3.05, 3.63) is 35.1 Å². The van der Waals surface area contributed by atoms with Crippen molar-refractivity contribution in [2.75, 3.05) is 0 Å². The number of rotatable bonds is 4. The van der Waals surface area contributed by atoms with Crippen molar-refractivity contribution in [1.29, 1.82) is 0 Å². The quantitative estimate of drug-likeness (QED) is 0.649. The zero-order valence-electron chi connectivity index (χ0n) is 14.3. The van der Waals surface area contributed by atoms with E-state index in [1.165, 1.54) is 0 Å². The Morgan fingerprint density at radius 2 is 1.72 bits per heavy atom. The van der Waals surface area contributed by atoms with Crippen molar-refractivity contribution in [2.45, 2.75) is 57.3 Å². The fourth-order valence-electron chi connectivity index (χ4n) is 2.74. The van der Waals surface area contributed by atoms with Gasteiger partial charge in [0.1, 0.15) is 5.82 Å². The first-order chi connectivity index (χ1) is 11.3. The average molecular weight is 362 g/mol. The van der Waals surface area contributed by atoms with E-state index in [0.717, 1.165) is 18.2 Å². The molecular weight excluding hydrogens is 343 g/mol. The molecule has 1 saturated heterocycles. The van der Waals surface area contributed by atoms with E-state index >= 15 is 0 Å². The van der Waals surface area contributed by atoms with Crippen molar-refractivity contribution in [3.63, 3.8) is 0 Å². The molecule has 2 rings (SSSR count). The molecule has 138 valence electrons. The molecule has 0 bridgehead atoms. The number of alkyl halides is 3. The molecule has 1 aliphatic heterocycles. The Bertz CT molecular complexity index is 657. The van der Waals surface area contributed by atoms with Crippen LogP contribution < -0.4 is 0 Å². The van der Waals surface area contributed by atoms with Crippen molar-refractivity contribution < 1.29 is 36.8 Å². The molecule has 1 unspecified atom stereocenters. The predicted octanol–water partition coefficient (Wildman–Crippen LogP) is 4.03. The summed E-state index contributed by atoms with van der Waals surface area (Å²) >= 11 is 0. The van der Waals surface area contributed by atoms with Gasteiger partial charge in [0, 0.05) is 11.4 Å². The smallest absolute Gasteiger partial charge is 0.466 e. The number of carboxylic acids is 1. The minimum absolute atomic E-state index is 0.721. The van der Waals surface area contributed by atoms with Gasteiger partial charge in [-0.1, -0.05) is 6.07 Å². The van der Waals surface area contributed by atoms with Gasteiger partial charge in [-0.3, -0.25) is 4.79 Å². The van der Waals surface area contributed by atoms with Crippen LogP contribution >= 0.6 is 0 Å². The summed E-state index contributed by atoms with van der Waals surface area (Å²) in [7, 11) is -1.32. The first-order valence-electron chi connectivity index (χ1n) is 7.69. The fourth-order valence-corrected chi connectivity index (χ4v) is 2.74. The summed E-state index contributed by atoms with van der Waals surface area (Å²) in [5.41, 5.74) is -3.76. The van der Waals surface area contributed by atoms with E-state index in [1.807, 2.05) is 0 Å². The average Bonchev–Trinajstić information content (AvgIpc) is 2.63. The van der Waals surface area contributed by atoms with E-state index in [1.54, 1.807) is 27.7 Å². The molecule has 1 aromatic carbocycles. The van der Waals surface area contributed by atoms with Crippen LogP contribution in [0.5, 0.6) is 0 Å². The number of hydrogen-bond acceptors (Lipinski definition) is 3. The summed E-state index contributed by atoms with van der Waals surface area (Å²) in [5.74, 6) is -3.97. The highest BCUT2D eigenvalue weighted by atomic mass is 19.4. The topological polar surface area (TPSA) is 55.8 Å². The van der Waals surface area contributed by atoms with Gasteiger partial charge < -0.3 is 14.4 Å². The van der Waals surface area contributed by atoms with E-state index in [9.17, 15) is 22.4 Å². The summed E-state index contributed by atoms with van der Waals surface area (Å²) < 4.78 is 65.6. The van der Waals surface area contributed by atoms with Crippen molar-refractivity contribution in [2.24, 2.45) is 0 Å². The molecule has 9 heteroatoms. The summed E-state index contributed by atoms with van der Waals surface area (Å²) in [4.78, 5) is 11.2. The highest BCUT2D eigenvalue weighted by molar-refractivity contribution is 6.48. The Balaban J connectivity index is 2.56. The number of hydrogen-bond donors (Lipinski definition) is 1. The van der Waals surface area contributed by atoms with Crippen LogP contribution in [-0.2, 0) is 20.3 Å². The van der Waals surface area contributed by atoms with Crippen molar-refractivity contribution in [1.82, 2.24) is 0 Å². The van der Waals surface area contributed by atoms with Gasteiger partial charge in [-0.25, -0.2) is 4.39 Å². The maximum Gasteiger partial charge on any atom is 0.466 e. The van der Waals surface area contributed by atoms with Crippen LogP contribution in [0.25, 0.3) is 0 Å². The van der Waals surface area contributed by atoms with E-state index in [2.05, 4.69) is 0 Å². The molecule has 1 N–H and O–H groups in total. The number of benzene rings is 1. The zero-order chi connectivity index (χ0) is 19.2. The van der Waals surface area contributed by atoms with E-state index in [4.69, 9.17) is 14.4 Å². The number of halogens is 4. The van der Waals surface area contributed by atoms with Gasteiger partial charge in [0.15, 0.2) is 0 Å². The largest absolute Gasteiger partial charge is 0.481 e. The highest BCUT2D eigenvalue weighted by Crippen LogP contribution is 2.45. The van der Waals surface area contributed by atoms with E-state index in [0.29, 0.717) is 0 Å². The van der Waals surface area contributed by atoms with Crippen molar-refractivity contribution >= 4 is 13.1 Å². The minimum Gasteiger partial charge on any atom is -0.481 e. The van der Waals surface area contributed by atoms with Gasteiger partial charge in [-0.15, -0.1) is 0 Å². The minimum atomic E-state index is -4.84. The third-order valence-electron chi connectivity index (χ3n) is 4.72. The summed E-state index contributed by atoms with van der Waals surface area (Å²) in [5, 5.41) is 9.14. The van der Waals surface area contributed by atoms with E-state index in [-0.39, 0.29) is 0 Å². The predicted molar refractivity (Wildman–Crippen MR) is 82.5 cm³/mol. The molecule has 1 fully saturated rings. The lowest BCUT2D eigenvalue weighted by Crippen LogP contribution is -2.41. The molecule has 0 aliphatic carbocycles. The molecule has 4 nitrogen and oxygen atoms in total. The van der Waals surface area contributed by atoms with Gasteiger partial charge in [-0.2, -0.15) is 13.2 Å². The van der Waals surface area contributed by atoms with Crippen molar-refractivity contribution in [3.8, 4) is 0 Å². The number of aliphatic carboxylic acids is 1. The molecule has 0 radical (unpaired) electrons. The molecule has 1 aliphatic rings. The van der Waals surface area contributed by atoms with Crippen LogP contribution in [0.3, 0.4) is 0 Å². The molecule has 0 aromatic heterocycles. The van der Waals surface area contributed by atoms with Gasteiger partial charge in [0.2, 0.25) is 0 Å². The fraction of sp³-hybridized carbons (Fsp3) is 0.562. The lowest BCUT2D eigenvalue weighted by Gasteiger charge is -2.32. The van der Waals surface area contributed by atoms with Crippen LogP contribution in [0.1, 0.15) is 51.1 Å². The second kappa shape index (κ2) is 6.28. The van der Waals surface area contributed by atoms with E-state index < -0.39 is 59.6 Å². The Hall–Kier alpha value is -1.61. The van der Waals surface area contributed by atoms with Gasteiger partial charge >= 0.3 is 19.3 Å². The number of carbonyl (C=O) groups is 1. The van der Waals surface area contributed by atoms with Crippen LogP contribution in [0.2, 0.25) is 0 Å². The third-order valence-corrected chi connectivity index (χ3v) is 4.72. The lowest BCUT2D eigenvalue weighted by molar-refractivity contribution is -0.140. The van der Waals surface area contributed by atoms with Crippen LogP contribution in [0, 0.1) is 5.82 Å². The van der Waals surface area contributed by atoms with Crippen LogP contribution in [0.4, 0.5) is 17.6 Å². The highest BCUT2D eigenvalue weighted by Gasteiger charge is 2.55. The van der Waals surface area contributed by atoms with Gasteiger partial charge in [0.25, 0.3) is 0 Å². The summed E-state index contributed by atoms with van der Waals surface area (Å²) in [6.45, 7) is 6.71. The molecule has 1 atom stereocenters. The lowest BCUT2D eigenvalue weighted by atomic mass is 9.65. The molecule has 0 saturated carbocycles. The maximum atomic E-state index is 14.3. The second-order valence-electron chi connectivity index (χ2n) is 7.03. The SMILES string of the molecule is CC1(C)OB(C(CC(=O)O)c2c(F)cccc2C(F)(F)F)OC1(C)C. The Morgan fingerprint density at radius 1 is 1.20 bits per heavy atom. The number of carboxylic acid groups (broad SMARTS) is 1. The molecule has 25 heavy (non-hydrogen) atoms. The molecule has 1 heterocycles. The van der Waals surface area contributed by atoms with Crippen LogP contribution in [-0.4, -0.2) is 29.4 Å². The third kappa shape index (κ3) is 3.82. The second-order valence-corrected chi connectivity index (χ2v) is 7.03. The Labute approximate surface area is 143 Å². The summed E-state index contributed by atoms with van der Waals surface area (Å²) in [6, 6.07) is 2.52. The first kappa shape index (κ1) is 19.7. The van der Waals surface area contributed by atoms with Gasteiger partial charge in [0.05, 0.1) is 23.2 Å². The maximum absolute atomic E-state index is 14.3. The molecule has 0 amide bonds. The van der Waals surface area contributed by atoms with Crippen LogP contribution in [0.15, 0.2) is 18.2 Å². The zero-order valence-corrected chi connectivity index (χ0v) is 14.3. The standard InChI is InChI=1S/C16H19BF4O4/c1-14(2)15(3,4)25-17(24-14)10(8-12(22)23)13-9(16(19,20)21)6-5-7-11(13)18/h5-7,10H,8H2,1-4H3,(H,22,23). The van der Waals surface area contributed by atoms with Gasteiger partial charge in [-0.05, 0) is 39.8 Å². The first-order valence-corrected chi connectivity index (χ1v) is 7.69. The summed E-state index contributed by atoms with van der Waals surface area (Å²) in [6.07, 6.45) is -5.60. The Kier molecular flexibility index (Phi) is 4.95. The molecular formula is C16H19BF4O4.